The molecule has 6 aromatic heterocycles. The van der Waals surface area contributed by atoms with Gasteiger partial charge in [-0.1, -0.05) is 239 Å². The minimum atomic E-state index is -1.45. The van der Waals surface area contributed by atoms with Gasteiger partial charge in [0, 0.05) is 95.6 Å². The molecule has 629 valence electrons. The van der Waals surface area contributed by atoms with Crippen LogP contribution in [0.25, 0.3) is 125 Å². The van der Waals surface area contributed by atoms with Crippen LogP contribution in [0.15, 0.2) is 317 Å². The summed E-state index contributed by atoms with van der Waals surface area (Å²) in [6, 6.07) is 114. The van der Waals surface area contributed by atoms with Crippen molar-refractivity contribution < 1.29 is 73.6 Å². The van der Waals surface area contributed by atoms with Crippen molar-refractivity contribution >= 4 is 39.8 Å². The Balaban J connectivity index is 0.000000168. The molecule has 0 saturated heterocycles. The van der Waals surface area contributed by atoms with Crippen LogP contribution >= 0.6 is 0 Å². The number of aryl methyl sites for hydroxylation is 5. The molecular weight excluding hydrogens is 2100 g/mol. The van der Waals surface area contributed by atoms with Gasteiger partial charge in [-0.05, 0) is 126 Å². The Labute approximate surface area is 770 Å². The Morgan fingerprint density at radius 1 is 0.252 bits per heavy atom. The summed E-state index contributed by atoms with van der Waals surface area (Å²) in [5.74, 6) is 3.07. The van der Waals surface area contributed by atoms with E-state index >= 15 is 0 Å². The molecule has 0 aliphatic heterocycles. The summed E-state index contributed by atoms with van der Waals surface area (Å²) in [5, 5.41) is 28.6. The van der Waals surface area contributed by atoms with E-state index in [9.17, 15) is 0 Å². The standard InChI is InChI=1S/C24H28NSi.C21H22NSi.3C15H11N2O.C15H18NSi.3Ir/c1-24(2,3)21-16-22(25-17-23(21)26(4,5)6)20-14-10-13-19(15-20)18-11-8-7-9-12-18;1-16-13-20(22-15-21(16)23(2,3)4)19-12-8-11-18(14-19)17-9-6-5-7-10-17;3*1-11-7-9-13(10-8-11)15-17-16-14(18-15)12-5-3-2-4-6-12;1-12-10-14(13-8-6-5-7-9-13)16-11-15(12)17(2,3)4;;;/h7-13,15-17H,1-6H3;5-11,13-15H,1-4H3;3*2-5,7-10H,1H3;5-8,10-11H,1-4H3;;;/q6*-1;;;. The van der Waals surface area contributed by atoms with Crippen LogP contribution in [0.5, 0.6) is 0 Å². The Morgan fingerprint density at radius 2 is 0.528 bits per heavy atom. The van der Waals surface area contributed by atoms with Crippen LogP contribution in [0.4, 0.5) is 0 Å². The number of benzene rings is 11. The molecule has 11 aromatic carbocycles. The predicted octanol–water partition coefficient (Wildman–Crippen LogP) is 25.1. The van der Waals surface area contributed by atoms with Crippen LogP contribution in [0.1, 0.15) is 54.2 Å². The van der Waals surface area contributed by atoms with Crippen molar-refractivity contribution in [3.8, 4) is 125 Å². The second-order valence-corrected chi connectivity index (χ2v) is 48.7. The van der Waals surface area contributed by atoms with Crippen LogP contribution in [0, 0.1) is 71.0 Å². The monoisotopic (exact) mass is 2200 g/mol. The van der Waals surface area contributed by atoms with Crippen LogP contribution in [-0.4, -0.2) is 69.8 Å². The van der Waals surface area contributed by atoms with Gasteiger partial charge in [0.25, 0.3) is 0 Å². The second kappa shape index (κ2) is 44.3. The van der Waals surface area contributed by atoms with Gasteiger partial charge < -0.3 is 28.2 Å². The van der Waals surface area contributed by atoms with Gasteiger partial charge in [-0.2, -0.15) is 15.3 Å². The first-order chi connectivity index (χ1) is 57.6. The normalized spacial score (nSPS) is 10.9. The average molecular weight is 2200 g/mol. The summed E-state index contributed by atoms with van der Waals surface area (Å²) in [7, 11) is -4.06. The van der Waals surface area contributed by atoms with E-state index in [1.807, 2.05) is 209 Å². The fraction of sp³-hybridized carbons (Fsp3) is 0.171. The van der Waals surface area contributed by atoms with Crippen LogP contribution in [0.3, 0.4) is 0 Å². The molecule has 17 rings (SSSR count). The van der Waals surface area contributed by atoms with Gasteiger partial charge in [0.15, 0.2) is 17.7 Å². The second-order valence-electron chi connectivity index (χ2n) is 33.5. The molecule has 3 radical (unpaired) electrons. The molecule has 18 heteroatoms. The molecule has 0 aliphatic carbocycles. The molecule has 0 amide bonds. The molecule has 6 heterocycles. The van der Waals surface area contributed by atoms with Gasteiger partial charge in [-0.15, -0.1) is 213 Å². The summed E-state index contributed by atoms with van der Waals surface area (Å²) in [5.41, 5.74) is 24.1. The molecule has 0 atom stereocenters. The number of hydrogen-bond donors (Lipinski definition) is 0. The van der Waals surface area contributed by atoms with Gasteiger partial charge in [0.05, 0.1) is 24.2 Å². The Bertz CT molecular complexity index is 5840. The van der Waals surface area contributed by atoms with Gasteiger partial charge in [-0.25, -0.2) is 0 Å². The predicted molar refractivity (Wildman–Crippen MR) is 500 cm³/mol. The first kappa shape index (κ1) is 95.7. The van der Waals surface area contributed by atoms with Crippen molar-refractivity contribution in [2.24, 2.45) is 0 Å². The van der Waals surface area contributed by atoms with E-state index in [-0.39, 0.29) is 65.7 Å². The molecule has 0 spiro atoms. The Morgan fingerprint density at radius 3 is 0.821 bits per heavy atom. The SMILES string of the molecule is CC(C)(C)c1cc(-c2[c-]ccc(-c3ccccc3)c2)ncc1[Si](C)(C)C.Cc1cc(-c2[c-]ccc(-c3ccccc3)c2)ncc1[Si](C)(C)C.Cc1cc(-c2[c-]cccc2)ncc1[Si](C)(C)C.Cc1ccc(-c2nnc(-c3[c-]cccc3)o2)cc1.Cc1ccc(-c2nnc(-c3[c-]cccc3)o2)cc1.Cc1ccc(-c2nnc(-c3[c-]cccc3)o2)cc1.[Ir].[Ir].[Ir]. The first-order valence-electron chi connectivity index (χ1n) is 40.3. The van der Waals surface area contributed by atoms with Gasteiger partial charge in [0.2, 0.25) is 17.7 Å². The van der Waals surface area contributed by atoms with Crippen molar-refractivity contribution in [1.82, 2.24) is 45.5 Å². The van der Waals surface area contributed by atoms with E-state index in [0.717, 1.165) is 67.2 Å². The van der Waals surface area contributed by atoms with Gasteiger partial charge in [0.1, 0.15) is 0 Å². The number of pyridine rings is 3. The van der Waals surface area contributed by atoms with Crippen LogP contribution < -0.4 is 15.6 Å². The summed E-state index contributed by atoms with van der Waals surface area (Å²) >= 11 is 0. The zero-order valence-electron chi connectivity index (χ0n) is 72.6. The summed E-state index contributed by atoms with van der Waals surface area (Å²) in [4.78, 5) is 14.1. The number of hydrogen-bond acceptors (Lipinski definition) is 12. The molecular formula is C105H101Ir3N9O3Si3-6. The third-order valence-corrected chi connectivity index (χ3v) is 26.0. The fourth-order valence-corrected chi connectivity index (χ4v) is 18.3. The van der Waals surface area contributed by atoms with E-state index in [4.69, 9.17) is 23.2 Å². The average Bonchev–Trinajstić information content (AvgIpc) is 1.43. The van der Waals surface area contributed by atoms with E-state index in [1.54, 1.807) is 0 Å². The first-order valence-corrected chi connectivity index (χ1v) is 50.8. The maximum Gasteiger partial charge on any atom is 0.237 e. The van der Waals surface area contributed by atoms with Crippen molar-refractivity contribution in [2.45, 2.75) is 120 Å². The summed E-state index contributed by atoms with van der Waals surface area (Å²) in [6.45, 7) is 38.7. The number of aromatic nitrogens is 9. The maximum atomic E-state index is 5.64. The van der Waals surface area contributed by atoms with Gasteiger partial charge in [-0.3, -0.25) is 0 Å². The Kier molecular flexibility index (Phi) is 34.5. The molecule has 12 nitrogen and oxygen atoms in total. The zero-order chi connectivity index (χ0) is 85.0. The molecule has 0 bridgehead atoms. The number of rotatable bonds is 14. The molecule has 0 aliphatic rings. The number of nitrogens with zero attached hydrogens (tertiary/aromatic N) is 9. The van der Waals surface area contributed by atoms with Crippen molar-refractivity contribution in [1.29, 1.82) is 0 Å². The van der Waals surface area contributed by atoms with Crippen LogP contribution in [0.2, 0.25) is 58.9 Å². The quantitative estimate of drug-likeness (QED) is 0.0751. The zero-order valence-corrected chi connectivity index (χ0v) is 82.8. The topological polar surface area (TPSA) is 155 Å². The van der Waals surface area contributed by atoms with Crippen LogP contribution in [-0.2, 0) is 65.7 Å². The van der Waals surface area contributed by atoms with Crippen molar-refractivity contribution in [3.05, 3.63) is 373 Å². The summed E-state index contributed by atoms with van der Waals surface area (Å²) in [6.07, 6.45) is 6.24. The van der Waals surface area contributed by atoms with Gasteiger partial charge >= 0.3 is 0 Å². The molecule has 0 unspecified atom stereocenters. The smallest absolute Gasteiger partial charge is 0.237 e. The van der Waals surface area contributed by atoms with E-state index in [1.165, 1.54) is 71.2 Å². The minimum absolute atomic E-state index is 0. The largest absolute Gasteiger partial charge is 0.464 e. The third kappa shape index (κ3) is 26.9. The third-order valence-electron chi connectivity index (χ3n) is 19.7. The molecule has 0 fully saturated rings. The molecule has 17 aromatic rings. The van der Waals surface area contributed by atoms with E-state index in [0.29, 0.717) is 35.3 Å². The molecule has 0 N–H and O–H groups in total. The fourth-order valence-electron chi connectivity index (χ4n) is 13.2. The molecule has 0 saturated carbocycles. The van der Waals surface area contributed by atoms with Crippen molar-refractivity contribution in [2.75, 3.05) is 0 Å². The minimum Gasteiger partial charge on any atom is -0.464 e. The summed E-state index contributed by atoms with van der Waals surface area (Å²) < 4.78 is 16.9. The van der Waals surface area contributed by atoms with Crippen molar-refractivity contribution in [3.63, 3.8) is 0 Å². The van der Waals surface area contributed by atoms with E-state index in [2.05, 4.69) is 281 Å². The molecule has 123 heavy (non-hydrogen) atoms. The Hall–Kier alpha value is -11.1. The van der Waals surface area contributed by atoms with E-state index < -0.39 is 24.2 Å². The maximum absolute atomic E-state index is 5.64.